The smallest absolute Gasteiger partial charge is 0.193 e. The first kappa shape index (κ1) is 21.0. The molecular formula is C21H35IN4O. The number of aliphatic imine (C=N–C) groups is 1. The Bertz CT molecular complexity index is 611. The van der Waals surface area contributed by atoms with Crippen molar-refractivity contribution in [3.05, 3.63) is 23.7 Å². The predicted molar refractivity (Wildman–Crippen MR) is 121 cm³/mol. The molecule has 0 amide bonds. The SMILES string of the molecule is CN=C(NCC(c1ccc(C)o1)N1CCCC1)N1CC2CCCCC2C1.I. The lowest BCUT2D eigenvalue weighted by Crippen LogP contribution is -2.44. The fourth-order valence-electron chi connectivity index (χ4n) is 5.19. The fourth-order valence-corrected chi connectivity index (χ4v) is 5.19. The fraction of sp³-hybridized carbons (Fsp3) is 0.762. The third-order valence-electron chi connectivity index (χ3n) is 6.61. The van der Waals surface area contributed by atoms with Crippen LogP contribution >= 0.6 is 24.0 Å². The zero-order chi connectivity index (χ0) is 17.9. The average Bonchev–Trinajstić information content (AvgIpc) is 3.39. The van der Waals surface area contributed by atoms with Gasteiger partial charge in [-0.25, -0.2) is 0 Å². The Labute approximate surface area is 181 Å². The molecule has 3 unspecified atom stereocenters. The zero-order valence-electron chi connectivity index (χ0n) is 16.8. The van der Waals surface area contributed by atoms with E-state index in [2.05, 4.69) is 32.2 Å². The first-order valence-electron chi connectivity index (χ1n) is 10.5. The number of aryl methyl sites for hydroxylation is 1. The molecule has 1 N–H and O–H groups in total. The van der Waals surface area contributed by atoms with Crippen LogP contribution in [0.5, 0.6) is 0 Å². The van der Waals surface area contributed by atoms with Gasteiger partial charge in [-0.3, -0.25) is 9.89 Å². The second-order valence-electron chi connectivity index (χ2n) is 8.35. The molecule has 3 aliphatic rings. The first-order valence-corrected chi connectivity index (χ1v) is 10.5. The highest BCUT2D eigenvalue weighted by Gasteiger charge is 2.36. The van der Waals surface area contributed by atoms with Crippen molar-refractivity contribution in [1.29, 1.82) is 0 Å². The Hall–Kier alpha value is -0.760. The van der Waals surface area contributed by atoms with Gasteiger partial charge < -0.3 is 14.6 Å². The molecule has 152 valence electrons. The van der Waals surface area contributed by atoms with Crippen LogP contribution in [0.3, 0.4) is 0 Å². The van der Waals surface area contributed by atoms with E-state index >= 15 is 0 Å². The molecule has 2 saturated heterocycles. The molecule has 2 aliphatic heterocycles. The van der Waals surface area contributed by atoms with Gasteiger partial charge >= 0.3 is 0 Å². The summed E-state index contributed by atoms with van der Waals surface area (Å²) in [5.74, 6) is 4.92. The largest absolute Gasteiger partial charge is 0.465 e. The highest BCUT2D eigenvalue weighted by molar-refractivity contribution is 14.0. The quantitative estimate of drug-likeness (QED) is 0.397. The van der Waals surface area contributed by atoms with Crippen LogP contribution in [0.1, 0.15) is 56.1 Å². The molecule has 0 spiro atoms. The molecule has 6 heteroatoms. The maximum atomic E-state index is 5.99. The number of nitrogens with one attached hydrogen (secondary N) is 1. The highest BCUT2D eigenvalue weighted by Crippen LogP contribution is 2.36. The molecule has 0 bridgehead atoms. The first-order chi connectivity index (χ1) is 12.7. The van der Waals surface area contributed by atoms with Crippen molar-refractivity contribution < 1.29 is 4.42 Å². The molecule has 27 heavy (non-hydrogen) atoms. The zero-order valence-corrected chi connectivity index (χ0v) is 19.2. The molecular weight excluding hydrogens is 451 g/mol. The van der Waals surface area contributed by atoms with Crippen LogP contribution in [0.2, 0.25) is 0 Å². The molecule has 4 rings (SSSR count). The minimum atomic E-state index is 0. The summed E-state index contributed by atoms with van der Waals surface area (Å²) in [4.78, 5) is 9.66. The number of guanidine groups is 1. The molecule has 3 fully saturated rings. The second-order valence-corrected chi connectivity index (χ2v) is 8.35. The van der Waals surface area contributed by atoms with Gasteiger partial charge in [0.15, 0.2) is 5.96 Å². The minimum Gasteiger partial charge on any atom is -0.465 e. The standard InChI is InChI=1S/C21H34N4O.HI/c1-16-9-10-20(26-16)19(24-11-5-6-12-24)13-23-21(22-2)25-14-17-7-3-4-8-18(17)15-25;/h9-10,17-19H,3-8,11-15H2,1-2H3,(H,22,23);1H. The van der Waals surface area contributed by atoms with Crippen LogP contribution in [0.15, 0.2) is 21.5 Å². The van der Waals surface area contributed by atoms with Crippen LogP contribution in [-0.2, 0) is 0 Å². The van der Waals surface area contributed by atoms with Crippen LogP contribution in [-0.4, -0.2) is 55.5 Å². The Morgan fingerprint density at radius 3 is 2.37 bits per heavy atom. The molecule has 1 aromatic heterocycles. The van der Waals surface area contributed by atoms with Crippen molar-refractivity contribution in [2.45, 2.75) is 51.5 Å². The monoisotopic (exact) mass is 486 g/mol. The summed E-state index contributed by atoms with van der Waals surface area (Å²) in [6.07, 6.45) is 8.22. The molecule has 5 nitrogen and oxygen atoms in total. The van der Waals surface area contributed by atoms with Crippen LogP contribution in [0, 0.1) is 18.8 Å². The number of hydrogen-bond donors (Lipinski definition) is 1. The molecule has 1 aromatic rings. The lowest BCUT2D eigenvalue weighted by Gasteiger charge is -2.29. The van der Waals surface area contributed by atoms with E-state index in [4.69, 9.17) is 4.42 Å². The van der Waals surface area contributed by atoms with E-state index in [1.165, 1.54) is 64.7 Å². The number of furan rings is 1. The topological polar surface area (TPSA) is 44.0 Å². The lowest BCUT2D eigenvalue weighted by molar-refractivity contribution is 0.212. The van der Waals surface area contributed by atoms with Gasteiger partial charge in [-0.15, -0.1) is 24.0 Å². The lowest BCUT2D eigenvalue weighted by atomic mass is 9.82. The van der Waals surface area contributed by atoms with E-state index in [9.17, 15) is 0 Å². The van der Waals surface area contributed by atoms with Gasteiger partial charge in [0, 0.05) is 26.7 Å². The van der Waals surface area contributed by atoms with Crippen LogP contribution in [0.4, 0.5) is 0 Å². The summed E-state index contributed by atoms with van der Waals surface area (Å²) in [6, 6.07) is 4.53. The van der Waals surface area contributed by atoms with E-state index in [1.54, 1.807) is 0 Å². The van der Waals surface area contributed by atoms with E-state index < -0.39 is 0 Å². The minimum absolute atomic E-state index is 0. The summed E-state index contributed by atoms with van der Waals surface area (Å²) in [5, 5.41) is 3.68. The maximum Gasteiger partial charge on any atom is 0.193 e. The van der Waals surface area contributed by atoms with Gasteiger partial charge in [0.2, 0.25) is 0 Å². The Kier molecular flexibility index (Phi) is 7.48. The van der Waals surface area contributed by atoms with Gasteiger partial charge in [0.05, 0.1) is 6.04 Å². The second kappa shape index (κ2) is 9.63. The van der Waals surface area contributed by atoms with E-state index in [0.717, 1.165) is 35.9 Å². The van der Waals surface area contributed by atoms with Crippen molar-refractivity contribution >= 4 is 29.9 Å². The summed E-state index contributed by atoms with van der Waals surface area (Å²) in [7, 11) is 1.92. The Morgan fingerprint density at radius 1 is 1.15 bits per heavy atom. The number of hydrogen-bond acceptors (Lipinski definition) is 3. The molecule has 0 radical (unpaired) electrons. The predicted octanol–water partition coefficient (Wildman–Crippen LogP) is 4.04. The van der Waals surface area contributed by atoms with Crippen molar-refractivity contribution in [3.8, 4) is 0 Å². The number of likely N-dealkylation sites (tertiary alicyclic amines) is 2. The number of halogens is 1. The Morgan fingerprint density at radius 2 is 1.81 bits per heavy atom. The average molecular weight is 486 g/mol. The molecule has 3 atom stereocenters. The van der Waals surface area contributed by atoms with Crippen molar-refractivity contribution in [3.63, 3.8) is 0 Å². The van der Waals surface area contributed by atoms with E-state index in [-0.39, 0.29) is 24.0 Å². The summed E-state index contributed by atoms with van der Waals surface area (Å²) < 4.78 is 5.99. The van der Waals surface area contributed by atoms with Crippen LogP contribution in [0.25, 0.3) is 0 Å². The summed E-state index contributed by atoms with van der Waals surface area (Å²) in [6.45, 7) is 7.59. The molecule has 0 aromatic carbocycles. The van der Waals surface area contributed by atoms with Crippen molar-refractivity contribution in [1.82, 2.24) is 15.1 Å². The third kappa shape index (κ3) is 4.81. The van der Waals surface area contributed by atoms with E-state index in [0.29, 0.717) is 6.04 Å². The third-order valence-corrected chi connectivity index (χ3v) is 6.61. The van der Waals surface area contributed by atoms with Gasteiger partial charge in [-0.05, 0) is 69.7 Å². The normalized spacial score (nSPS) is 27.3. The summed E-state index contributed by atoms with van der Waals surface area (Å²) in [5.41, 5.74) is 0. The van der Waals surface area contributed by atoms with Crippen molar-refractivity contribution in [2.24, 2.45) is 16.8 Å². The maximum absolute atomic E-state index is 5.99. The highest BCUT2D eigenvalue weighted by atomic mass is 127. The molecule has 1 aliphatic carbocycles. The molecule has 3 heterocycles. The van der Waals surface area contributed by atoms with Gasteiger partial charge in [-0.2, -0.15) is 0 Å². The summed E-state index contributed by atoms with van der Waals surface area (Å²) >= 11 is 0. The Balaban J connectivity index is 0.00000210. The molecule has 1 saturated carbocycles. The number of rotatable bonds is 4. The van der Waals surface area contributed by atoms with Crippen molar-refractivity contribution in [2.75, 3.05) is 39.8 Å². The van der Waals surface area contributed by atoms with E-state index in [1.807, 2.05) is 14.0 Å². The number of nitrogens with zero attached hydrogens (tertiary/aromatic N) is 3. The van der Waals surface area contributed by atoms with Gasteiger partial charge in [0.1, 0.15) is 11.5 Å². The van der Waals surface area contributed by atoms with Crippen LogP contribution < -0.4 is 5.32 Å². The van der Waals surface area contributed by atoms with Gasteiger partial charge in [-0.1, -0.05) is 12.8 Å². The van der Waals surface area contributed by atoms with Gasteiger partial charge in [0.25, 0.3) is 0 Å². The number of fused-ring (bicyclic) bond motifs is 1.